The van der Waals surface area contributed by atoms with E-state index in [1.165, 1.54) is 75.6 Å². The van der Waals surface area contributed by atoms with Crippen molar-refractivity contribution in [1.29, 1.82) is 0 Å². The molecule has 0 heterocycles. The molecule has 4 N–H and O–H groups in total. The Morgan fingerprint density at radius 3 is 1.85 bits per heavy atom. The van der Waals surface area contributed by atoms with E-state index in [9.17, 15) is 0 Å². The Balaban J connectivity index is 2.16. The number of ether oxygens (including phenoxy) is 2. The van der Waals surface area contributed by atoms with Crippen LogP contribution in [0.3, 0.4) is 0 Å². The number of rotatable bonds is 11. The Morgan fingerprint density at radius 2 is 1.31 bits per heavy atom. The van der Waals surface area contributed by atoms with Gasteiger partial charge in [-0.3, -0.25) is 9.98 Å². The molecule has 0 amide bonds. The van der Waals surface area contributed by atoms with Crippen molar-refractivity contribution in [3.63, 3.8) is 0 Å². The van der Waals surface area contributed by atoms with Crippen LogP contribution in [0.5, 0.6) is 0 Å². The molecule has 0 saturated heterocycles. The van der Waals surface area contributed by atoms with E-state index in [-0.39, 0.29) is 6.73 Å². The topological polar surface area (TPSA) is 95.2 Å². The lowest BCUT2D eigenvalue weighted by molar-refractivity contribution is 0.149. The molecule has 2 saturated carbocycles. The van der Waals surface area contributed by atoms with Gasteiger partial charge in [-0.2, -0.15) is 0 Å². The Labute approximate surface area is 158 Å². The minimum atomic E-state index is 0.255. The number of hydrogen-bond acceptors (Lipinski definition) is 6. The van der Waals surface area contributed by atoms with Gasteiger partial charge in [0.1, 0.15) is 6.73 Å². The molecule has 0 spiro atoms. The van der Waals surface area contributed by atoms with Crippen LogP contribution >= 0.6 is 0 Å². The molecule has 0 radical (unpaired) electrons. The smallest absolute Gasteiger partial charge is 0.137 e. The number of hydrogen-bond donors (Lipinski definition) is 2. The van der Waals surface area contributed by atoms with Crippen molar-refractivity contribution in [1.82, 2.24) is 0 Å². The summed E-state index contributed by atoms with van der Waals surface area (Å²) in [4.78, 5) is 9.89. The summed E-state index contributed by atoms with van der Waals surface area (Å²) in [5.41, 5.74) is 13.4. The van der Waals surface area contributed by atoms with Crippen LogP contribution in [0.4, 0.5) is 0 Å². The van der Waals surface area contributed by atoms with Crippen molar-refractivity contribution in [2.24, 2.45) is 33.3 Å². The molecule has 0 aliphatic heterocycles. The summed E-state index contributed by atoms with van der Waals surface area (Å²) >= 11 is 0. The summed E-state index contributed by atoms with van der Waals surface area (Å²) in [5.74, 6) is 1.07. The molecule has 0 atom stereocenters. The van der Waals surface area contributed by atoms with Gasteiger partial charge < -0.3 is 20.9 Å². The van der Waals surface area contributed by atoms with Crippen LogP contribution in [0.25, 0.3) is 0 Å². The highest BCUT2D eigenvalue weighted by molar-refractivity contribution is 6.43. The summed E-state index contributed by atoms with van der Waals surface area (Å²) in [6, 6.07) is 0. The maximum absolute atomic E-state index is 5.58. The first-order valence-corrected chi connectivity index (χ1v) is 10.5. The molecule has 2 fully saturated rings. The van der Waals surface area contributed by atoms with Gasteiger partial charge in [0.05, 0.1) is 37.9 Å². The average molecular weight is 367 g/mol. The predicted molar refractivity (Wildman–Crippen MR) is 108 cm³/mol. The minimum absolute atomic E-state index is 0.255. The van der Waals surface area contributed by atoms with E-state index in [1.54, 1.807) is 0 Å². The van der Waals surface area contributed by atoms with E-state index in [2.05, 4.69) is 0 Å². The zero-order chi connectivity index (χ0) is 18.5. The van der Waals surface area contributed by atoms with Gasteiger partial charge in [-0.15, -0.1) is 0 Å². The van der Waals surface area contributed by atoms with Crippen LogP contribution in [-0.4, -0.2) is 51.2 Å². The lowest BCUT2D eigenvalue weighted by atomic mass is 9.77. The Morgan fingerprint density at radius 1 is 0.731 bits per heavy atom. The maximum Gasteiger partial charge on any atom is 0.137 e. The highest BCUT2D eigenvalue weighted by Crippen LogP contribution is 2.31. The minimum Gasteiger partial charge on any atom is -0.365 e. The lowest BCUT2D eigenvalue weighted by Crippen LogP contribution is -2.33. The molecule has 26 heavy (non-hydrogen) atoms. The van der Waals surface area contributed by atoms with Crippen molar-refractivity contribution in [2.45, 2.75) is 64.2 Å². The van der Waals surface area contributed by atoms with Gasteiger partial charge in [0.15, 0.2) is 0 Å². The third kappa shape index (κ3) is 7.43. The summed E-state index contributed by atoms with van der Waals surface area (Å²) in [7, 11) is 0. The highest BCUT2D eigenvalue weighted by atomic mass is 16.5. The standard InChI is InChI=1S/C20H38N4O2/c21-11-13-26-16-24-20(18-9-5-2-6-10-18)19(23-12-14-25-15-22)17-7-3-1-4-8-17/h17-18H,1-16,21-22H2. The van der Waals surface area contributed by atoms with E-state index in [1.807, 2.05) is 0 Å². The number of nitrogens with two attached hydrogens (primary N) is 2. The summed E-state index contributed by atoms with van der Waals surface area (Å²) in [5, 5.41) is 0. The van der Waals surface area contributed by atoms with Gasteiger partial charge >= 0.3 is 0 Å². The first-order valence-electron chi connectivity index (χ1n) is 10.5. The van der Waals surface area contributed by atoms with Gasteiger partial charge in [0, 0.05) is 18.4 Å². The van der Waals surface area contributed by atoms with Gasteiger partial charge in [-0.25, -0.2) is 0 Å². The Hall–Kier alpha value is -0.820. The second kappa shape index (κ2) is 13.4. The molecule has 0 bridgehead atoms. The quantitative estimate of drug-likeness (QED) is 0.334. The van der Waals surface area contributed by atoms with Crippen molar-refractivity contribution in [3.05, 3.63) is 0 Å². The fraction of sp³-hybridized carbons (Fsp3) is 0.900. The Bertz CT molecular complexity index is 388. The molecule has 2 aliphatic rings. The number of nitrogens with zero attached hydrogens (tertiary/aromatic N) is 2. The van der Waals surface area contributed by atoms with Gasteiger partial charge in [-0.1, -0.05) is 38.5 Å². The zero-order valence-corrected chi connectivity index (χ0v) is 16.3. The van der Waals surface area contributed by atoms with Crippen molar-refractivity contribution >= 4 is 11.4 Å². The fourth-order valence-electron chi connectivity index (χ4n) is 4.17. The normalized spacial score (nSPS) is 21.3. The van der Waals surface area contributed by atoms with E-state index in [0.29, 0.717) is 44.9 Å². The third-order valence-corrected chi connectivity index (χ3v) is 5.47. The Kier molecular flexibility index (Phi) is 11.0. The molecular formula is C20H38N4O2. The molecule has 6 nitrogen and oxygen atoms in total. The second-order valence-electron chi connectivity index (χ2n) is 7.38. The van der Waals surface area contributed by atoms with Gasteiger partial charge in [0.25, 0.3) is 0 Å². The van der Waals surface area contributed by atoms with Crippen molar-refractivity contribution in [3.8, 4) is 0 Å². The average Bonchev–Trinajstić information content (AvgIpc) is 2.70. The van der Waals surface area contributed by atoms with Crippen molar-refractivity contribution < 1.29 is 9.47 Å². The van der Waals surface area contributed by atoms with E-state index >= 15 is 0 Å². The number of aliphatic imine (C=N–C) groups is 2. The van der Waals surface area contributed by atoms with E-state index < -0.39 is 0 Å². The fourth-order valence-corrected chi connectivity index (χ4v) is 4.17. The monoisotopic (exact) mass is 366 g/mol. The van der Waals surface area contributed by atoms with Crippen LogP contribution in [0.15, 0.2) is 9.98 Å². The third-order valence-electron chi connectivity index (χ3n) is 5.47. The SMILES string of the molecule is NCCOCN=C(C(=NCCOCN)C1CCCCC1)C1CCCCC1. The zero-order valence-electron chi connectivity index (χ0n) is 16.3. The van der Waals surface area contributed by atoms with Crippen LogP contribution in [-0.2, 0) is 9.47 Å². The predicted octanol–water partition coefficient (Wildman–Crippen LogP) is 2.89. The summed E-state index contributed by atoms with van der Waals surface area (Å²) < 4.78 is 10.9. The molecule has 0 aromatic heterocycles. The molecule has 0 aromatic rings. The van der Waals surface area contributed by atoms with E-state index in [4.69, 9.17) is 30.9 Å². The molecule has 0 unspecified atom stereocenters. The van der Waals surface area contributed by atoms with Gasteiger partial charge in [0.2, 0.25) is 0 Å². The van der Waals surface area contributed by atoms with Crippen LogP contribution in [0, 0.1) is 11.8 Å². The highest BCUT2D eigenvalue weighted by Gasteiger charge is 2.29. The lowest BCUT2D eigenvalue weighted by Gasteiger charge is -2.30. The summed E-state index contributed by atoms with van der Waals surface area (Å²) in [6.45, 7) is 2.99. The van der Waals surface area contributed by atoms with Gasteiger partial charge in [-0.05, 0) is 25.7 Å². The first-order chi connectivity index (χ1) is 12.9. The molecule has 0 aromatic carbocycles. The van der Waals surface area contributed by atoms with Crippen LogP contribution < -0.4 is 11.5 Å². The maximum atomic E-state index is 5.58. The van der Waals surface area contributed by atoms with Crippen LogP contribution in [0.2, 0.25) is 0 Å². The summed E-state index contributed by atoms with van der Waals surface area (Å²) in [6.07, 6.45) is 12.8. The molecular weight excluding hydrogens is 328 g/mol. The second-order valence-corrected chi connectivity index (χ2v) is 7.38. The molecule has 2 rings (SSSR count). The first kappa shape index (κ1) is 21.5. The van der Waals surface area contributed by atoms with E-state index in [0.717, 1.165) is 0 Å². The molecule has 6 heteroatoms. The molecule has 150 valence electrons. The van der Waals surface area contributed by atoms with Crippen LogP contribution in [0.1, 0.15) is 64.2 Å². The molecule has 2 aliphatic carbocycles. The largest absolute Gasteiger partial charge is 0.365 e. The van der Waals surface area contributed by atoms with Crippen molar-refractivity contribution in [2.75, 3.05) is 39.8 Å².